The van der Waals surface area contributed by atoms with Gasteiger partial charge in [-0.15, -0.1) is 0 Å². The molecule has 3 unspecified atom stereocenters. The van der Waals surface area contributed by atoms with Gasteiger partial charge in [0.2, 0.25) is 23.6 Å². The molecule has 4 amide bonds. The molecule has 8 fully saturated rings. The third-order valence-corrected chi connectivity index (χ3v) is 22.3. The summed E-state index contributed by atoms with van der Waals surface area (Å²) in [5.74, 6) is 1.58. The first-order valence-electron chi connectivity index (χ1n) is 34.9. The first-order valence-corrected chi connectivity index (χ1v) is 34.9. The number of esters is 4. The van der Waals surface area contributed by atoms with E-state index in [1.54, 1.807) is 14.2 Å². The fourth-order valence-electron chi connectivity index (χ4n) is 16.7. The zero-order valence-electron chi connectivity index (χ0n) is 59.4. The molecule has 5 saturated heterocycles. The van der Waals surface area contributed by atoms with Crippen molar-refractivity contribution in [3.63, 3.8) is 0 Å². The molecule has 0 aromatic heterocycles. The van der Waals surface area contributed by atoms with E-state index in [0.29, 0.717) is 85.4 Å². The molecule has 0 radical (unpaired) electrons. The van der Waals surface area contributed by atoms with Crippen molar-refractivity contribution in [1.29, 1.82) is 0 Å². The van der Waals surface area contributed by atoms with Crippen molar-refractivity contribution in [2.24, 2.45) is 76.9 Å². The van der Waals surface area contributed by atoms with Crippen LogP contribution in [-0.2, 0) is 71.5 Å². The van der Waals surface area contributed by atoms with Crippen LogP contribution >= 0.6 is 0 Å². The van der Waals surface area contributed by atoms with Gasteiger partial charge in [-0.2, -0.15) is 0 Å². The molecule has 5 aliphatic heterocycles. The van der Waals surface area contributed by atoms with Gasteiger partial charge in [0, 0.05) is 76.3 Å². The minimum Gasteiger partial charge on any atom is -0.469 e. The molecule has 0 aromatic rings. The van der Waals surface area contributed by atoms with Crippen LogP contribution in [0.4, 0.5) is 0 Å². The van der Waals surface area contributed by atoms with E-state index in [0.717, 1.165) is 63.4 Å². The van der Waals surface area contributed by atoms with Crippen LogP contribution in [0.5, 0.6) is 0 Å². The maximum absolute atomic E-state index is 13.6. The SMILES string of the molecule is C=C1C[C@@H](C(C)C)N(C(=O)[C@@H](CC(=O)OC)C(C)C)C1.COC(=O)C[C@H](C(=O)N1C2CCC[C@H]2C[C@H]1C(C)C)C1CCOCC1.COC(=O)C[C@H](C(=O)N1C2CCC[C@H]2C[C@H]1C(C)C)[C@@H](C)OC.COC(=O)C[C@H](C(=O)N1C2CCC[C@H]2C[C@H]1C(C)C)[C@H](C)OC. The van der Waals surface area contributed by atoms with Gasteiger partial charge in [-0.3, -0.25) is 38.4 Å². The number of hydrogen-bond acceptors (Lipinski definition) is 15. The lowest BCUT2D eigenvalue weighted by Crippen LogP contribution is -2.49. The highest BCUT2D eigenvalue weighted by molar-refractivity contribution is 5.87. The van der Waals surface area contributed by atoms with Crippen LogP contribution in [0.25, 0.3) is 0 Å². The Morgan fingerprint density at radius 1 is 0.440 bits per heavy atom. The van der Waals surface area contributed by atoms with E-state index in [1.807, 2.05) is 32.6 Å². The van der Waals surface area contributed by atoms with Crippen LogP contribution in [0.15, 0.2) is 12.2 Å². The summed E-state index contributed by atoms with van der Waals surface area (Å²) in [5.41, 5.74) is 1.10. The summed E-state index contributed by atoms with van der Waals surface area (Å²) >= 11 is 0. The molecule has 0 spiro atoms. The summed E-state index contributed by atoms with van der Waals surface area (Å²) in [6, 6.07) is 2.17. The highest BCUT2D eigenvalue weighted by atomic mass is 16.5. The third-order valence-electron chi connectivity index (χ3n) is 22.3. The van der Waals surface area contributed by atoms with Crippen LogP contribution in [0.1, 0.15) is 205 Å². The summed E-state index contributed by atoms with van der Waals surface area (Å²) in [6.07, 6.45) is 16.5. The third kappa shape index (κ3) is 19.7. The van der Waals surface area contributed by atoms with E-state index in [1.165, 1.54) is 67.0 Å². The predicted molar refractivity (Wildman–Crippen MR) is 350 cm³/mol. The molecular formula is C72H122N4O15. The number of rotatable bonds is 22. The first kappa shape index (κ1) is 77.1. The molecule has 8 rings (SSSR count). The van der Waals surface area contributed by atoms with Gasteiger partial charge < -0.3 is 52.8 Å². The van der Waals surface area contributed by atoms with E-state index in [9.17, 15) is 38.4 Å². The number of carbonyl (C=O) groups excluding carboxylic acids is 8. The number of amides is 4. The number of likely N-dealkylation sites (tertiary alicyclic amines) is 4. The fourth-order valence-corrected chi connectivity index (χ4v) is 16.7. The van der Waals surface area contributed by atoms with Gasteiger partial charge in [-0.05, 0) is 144 Å². The Morgan fingerprint density at radius 3 is 1.11 bits per heavy atom. The van der Waals surface area contributed by atoms with Crippen LogP contribution in [0.2, 0.25) is 0 Å². The Morgan fingerprint density at radius 2 is 0.780 bits per heavy atom. The number of fused-ring (bicyclic) bond motifs is 3. The smallest absolute Gasteiger partial charge is 0.306 e. The molecule has 91 heavy (non-hydrogen) atoms. The van der Waals surface area contributed by atoms with Crippen molar-refractivity contribution >= 4 is 47.5 Å². The molecule has 3 saturated carbocycles. The molecule has 19 nitrogen and oxygen atoms in total. The average molecular weight is 1280 g/mol. The number of hydrogen-bond donors (Lipinski definition) is 0. The number of methoxy groups -OCH3 is 6. The first-order chi connectivity index (χ1) is 43.1. The molecule has 3 aliphatic carbocycles. The Balaban J connectivity index is 0.000000221. The zero-order chi connectivity index (χ0) is 67.7. The van der Waals surface area contributed by atoms with Crippen molar-refractivity contribution in [2.45, 2.75) is 260 Å². The summed E-state index contributed by atoms with van der Waals surface area (Å²) < 4.78 is 35.4. The van der Waals surface area contributed by atoms with Crippen LogP contribution in [0, 0.1) is 76.9 Å². The molecule has 19 heteroatoms. The van der Waals surface area contributed by atoms with Gasteiger partial charge >= 0.3 is 23.9 Å². The van der Waals surface area contributed by atoms with Crippen molar-refractivity contribution in [1.82, 2.24) is 19.6 Å². The predicted octanol–water partition coefficient (Wildman–Crippen LogP) is 10.9. The monoisotopic (exact) mass is 1280 g/mol. The molecular weight excluding hydrogens is 1160 g/mol. The normalized spacial score (nSPS) is 28.0. The molecule has 0 aromatic carbocycles. The molecule has 0 bridgehead atoms. The summed E-state index contributed by atoms with van der Waals surface area (Å²) in [6.45, 7) is 31.1. The second kappa shape index (κ2) is 36.3. The molecule has 5 heterocycles. The standard InChI is InChI=1S/C20H33NO4.2C18H31NO4.C16H27NO3/c1-13(2)18-11-15-5-4-6-17(15)21(18)20(23)16(12-19(22)24-3)14-7-9-25-10-8-14;2*1-11(2)16-9-13-7-6-8-15(13)19(16)18(21)14(12(3)22-4)10-17(20)23-5;1-10(2)13(8-15(18)20-6)16(19)17-9-12(5)7-14(17)11(3)4/h13-18H,4-12H2,1-3H3;2*11-16H,6-10H2,1-5H3;10-11,13-14H,5,7-9H2,1-4,6H3/t15-,16-,17?,18-;12-,13+,14+,15?,16+;12-,13-,14-,15?,16-;13-,14-/m0100/s1. The van der Waals surface area contributed by atoms with E-state index in [4.69, 9.17) is 33.2 Å². The zero-order valence-corrected chi connectivity index (χ0v) is 59.4. The lowest BCUT2D eigenvalue weighted by molar-refractivity contribution is -0.152. The summed E-state index contributed by atoms with van der Waals surface area (Å²) in [5, 5.41) is 0. The minimum atomic E-state index is -0.465. The number of ether oxygens (including phenoxy) is 7. The molecule has 0 N–H and O–H groups in total. The Kier molecular flexibility index (Phi) is 30.8. The summed E-state index contributed by atoms with van der Waals surface area (Å²) in [7, 11) is 8.67. The Labute approximate surface area is 547 Å². The van der Waals surface area contributed by atoms with Crippen molar-refractivity contribution < 1.29 is 71.5 Å². The lowest BCUT2D eigenvalue weighted by Gasteiger charge is -2.38. The van der Waals surface area contributed by atoms with Gasteiger partial charge in [0.15, 0.2) is 0 Å². The number of carbonyl (C=O) groups is 8. The Bertz CT molecular complexity index is 2310. The highest BCUT2D eigenvalue weighted by Gasteiger charge is 2.52. The van der Waals surface area contributed by atoms with Gasteiger partial charge in [0.05, 0.1) is 90.0 Å². The number of nitrogens with zero attached hydrogens (tertiary/aromatic N) is 4. The molecule has 8 aliphatic rings. The van der Waals surface area contributed by atoms with Crippen LogP contribution < -0.4 is 0 Å². The second-order valence-corrected chi connectivity index (χ2v) is 29.5. The van der Waals surface area contributed by atoms with Crippen molar-refractivity contribution in [3.05, 3.63) is 12.2 Å². The minimum absolute atomic E-state index is 0.0581. The quantitative estimate of drug-likeness (QED) is 0.0560. The van der Waals surface area contributed by atoms with Crippen LogP contribution in [-0.4, -0.2) is 184 Å². The topological polar surface area (TPSA) is 214 Å². The van der Waals surface area contributed by atoms with E-state index >= 15 is 0 Å². The van der Waals surface area contributed by atoms with Gasteiger partial charge in [-0.25, -0.2) is 0 Å². The maximum Gasteiger partial charge on any atom is 0.306 e. The maximum atomic E-state index is 13.6. The van der Waals surface area contributed by atoms with Crippen molar-refractivity contribution in [3.8, 4) is 0 Å². The van der Waals surface area contributed by atoms with E-state index in [-0.39, 0.29) is 127 Å². The largest absolute Gasteiger partial charge is 0.469 e. The van der Waals surface area contributed by atoms with E-state index in [2.05, 4.69) is 76.7 Å². The highest BCUT2D eigenvalue weighted by Crippen LogP contribution is 2.48. The van der Waals surface area contributed by atoms with Gasteiger partial charge in [0.25, 0.3) is 0 Å². The van der Waals surface area contributed by atoms with Gasteiger partial charge in [-0.1, -0.05) is 101 Å². The van der Waals surface area contributed by atoms with Crippen LogP contribution in [0.3, 0.4) is 0 Å². The Hall–Kier alpha value is -4.62. The molecule has 520 valence electrons. The fraction of sp³-hybridized carbons (Fsp3) is 0.861. The van der Waals surface area contributed by atoms with Crippen molar-refractivity contribution in [2.75, 3.05) is 62.4 Å². The second-order valence-electron chi connectivity index (χ2n) is 29.5. The molecule has 16 atom stereocenters. The van der Waals surface area contributed by atoms with Gasteiger partial charge in [0.1, 0.15) is 0 Å². The average Bonchev–Trinajstić information content (AvgIpc) is 1.68. The summed E-state index contributed by atoms with van der Waals surface area (Å²) in [4.78, 5) is 108. The lowest BCUT2D eigenvalue weighted by atomic mass is 9.82. The van der Waals surface area contributed by atoms with E-state index < -0.39 is 11.8 Å².